The number of urea groups is 1. The topological polar surface area (TPSA) is 41.1 Å². The Labute approximate surface area is 165 Å². The second kappa shape index (κ2) is 9.29. The van der Waals surface area contributed by atoms with Crippen LogP contribution < -0.4 is 10.6 Å². The van der Waals surface area contributed by atoms with E-state index in [0.717, 1.165) is 37.7 Å². The zero-order valence-electron chi connectivity index (χ0n) is 14.7. The second-order valence-corrected chi connectivity index (χ2v) is 7.71. The number of aryl methyl sites for hydroxylation is 1. The van der Waals surface area contributed by atoms with Gasteiger partial charge in [-0.15, -0.1) is 0 Å². The van der Waals surface area contributed by atoms with Crippen molar-refractivity contribution in [2.24, 2.45) is 0 Å². The number of carbonyl (C=O) groups is 1. The Morgan fingerprint density at radius 1 is 1.04 bits per heavy atom. The third kappa shape index (κ3) is 5.39. The van der Waals surface area contributed by atoms with Gasteiger partial charge in [-0.05, 0) is 61.3 Å². The highest BCUT2D eigenvalue weighted by Gasteiger charge is 2.31. The third-order valence-electron chi connectivity index (χ3n) is 4.92. The highest BCUT2D eigenvalue weighted by atomic mass is 35.5. The van der Waals surface area contributed by atoms with E-state index in [1.807, 2.05) is 18.2 Å². The number of halogens is 2. The minimum atomic E-state index is -0.0639. The Balaban J connectivity index is 1.27. The summed E-state index contributed by atoms with van der Waals surface area (Å²) in [6.07, 6.45) is 4.82. The van der Waals surface area contributed by atoms with Crippen LogP contribution in [0.15, 0.2) is 48.5 Å². The lowest BCUT2D eigenvalue weighted by molar-refractivity contribution is 0.222. The van der Waals surface area contributed by atoms with Crippen molar-refractivity contribution in [1.82, 2.24) is 10.6 Å². The van der Waals surface area contributed by atoms with E-state index >= 15 is 0 Å². The van der Waals surface area contributed by atoms with Gasteiger partial charge < -0.3 is 10.6 Å². The zero-order chi connectivity index (χ0) is 18.4. The van der Waals surface area contributed by atoms with Crippen LogP contribution in [-0.2, 0) is 6.42 Å². The number of carbonyl (C=O) groups excluding carboxylic acids is 1. The minimum absolute atomic E-state index is 0.0639. The average Bonchev–Trinajstić information content (AvgIpc) is 2.60. The van der Waals surface area contributed by atoms with Gasteiger partial charge in [0, 0.05) is 22.6 Å². The van der Waals surface area contributed by atoms with Crippen LogP contribution in [0.4, 0.5) is 4.79 Å². The fourth-order valence-corrected chi connectivity index (χ4v) is 3.84. The summed E-state index contributed by atoms with van der Waals surface area (Å²) in [4.78, 5) is 12.0. The molecule has 0 bridgehead atoms. The molecule has 0 aromatic heterocycles. The van der Waals surface area contributed by atoms with E-state index in [4.69, 9.17) is 23.2 Å². The molecule has 0 spiro atoms. The van der Waals surface area contributed by atoms with Crippen LogP contribution in [0.5, 0.6) is 0 Å². The van der Waals surface area contributed by atoms with Crippen molar-refractivity contribution in [3.05, 3.63) is 69.7 Å². The van der Waals surface area contributed by atoms with Gasteiger partial charge in [-0.25, -0.2) is 4.79 Å². The fraction of sp³-hybridized carbons (Fsp3) is 0.381. The van der Waals surface area contributed by atoms with E-state index in [2.05, 4.69) is 34.9 Å². The highest BCUT2D eigenvalue weighted by molar-refractivity contribution is 6.35. The normalized spacial score (nSPS) is 18.8. The van der Waals surface area contributed by atoms with Crippen LogP contribution >= 0.6 is 23.2 Å². The number of unbranched alkanes of at least 4 members (excludes halogenated alkanes) is 1. The Kier molecular flexibility index (Phi) is 6.81. The minimum Gasteiger partial charge on any atom is -0.338 e. The van der Waals surface area contributed by atoms with Crippen molar-refractivity contribution in [3.8, 4) is 0 Å². The number of nitrogens with one attached hydrogen (secondary N) is 2. The van der Waals surface area contributed by atoms with Crippen LogP contribution in [0, 0.1) is 0 Å². The first kappa shape index (κ1) is 19.1. The molecule has 26 heavy (non-hydrogen) atoms. The maximum atomic E-state index is 12.0. The van der Waals surface area contributed by atoms with Gasteiger partial charge in [0.15, 0.2) is 0 Å². The second-order valence-electron chi connectivity index (χ2n) is 6.87. The quantitative estimate of drug-likeness (QED) is 0.596. The first-order valence-corrected chi connectivity index (χ1v) is 9.90. The fourth-order valence-electron chi connectivity index (χ4n) is 3.34. The third-order valence-corrected chi connectivity index (χ3v) is 5.50. The summed E-state index contributed by atoms with van der Waals surface area (Å²) in [6, 6.07) is 16.3. The van der Waals surface area contributed by atoms with Gasteiger partial charge in [-0.1, -0.05) is 59.6 Å². The van der Waals surface area contributed by atoms with E-state index in [0.29, 0.717) is 22.5 Å². The number of hydrogen-bond acceptors (Lipinski definition) is 1. The maximum absolute atomic E-state index is 12.0. The lowest BCUT2D eigenvalue weighted by Gasteiger charge is -2.36. The molecule has 0 saturated heterocycles. The zero-order valence-corrected chi connectivity index (χ0v) is 16.2. The standard InChI is InChI=1S/C21H24Cl2N2O/c22-18-10-9-16(20(23)14-18)8-4-5-11-24-21(26)25-19-12-17(13-19)15-6-2-1-3-7-15/h1-3,6-7,9-10,14,17,19H,4-5,8,11-13H2,(H2,24,25,26). The van der Waals surface area contributed by atoms with Crippen LogP contribution in [0.1, 0.15) is 42.7 Å². The van der Waals surface area contributed by atoms with Crippen LogP contribution in [0.25, 0.3) is 0 Å². The van der Waals surface area contributed by atoms with Gasteiger partial charge in [0.25, 0.3) is 0 Å². The molecule has 2 aromatic carbocycles. The van der Waals surface area contributed by atoms with Gasteiger partial charge in [0.2, 0.25) is 0 Å². The molecule has 3 rings (SSSR count). The van der Waals surface area contributed by atoms with Crippen molar-refractivity contribution in [3.63, 3.8) is 0 Å². The van der Waals surface area contributed by atoms with Crippen LogP contribution in [0.2, 0.25) is 10.0 Å². The highest BCUT2D eigenvalue weighted by Crippen LogP contribution is 2.36. The van der Waals surface area contributed by atoms with Crippen molar-refractivity contribution in [1.29, 1.82) is 0 Å². The van der Waals surface area contributed by atoms with E-state index in [-0.39, 0.29) is 12.1 Å². The Morgan fingerprint density at radius 2 is 1.81 bits per heavy atom. The molecule has 2 aromatic rings. The molecule has 138 valence electrons. The molecule has 1 aliphatic rings. The number of amides is 2. The number of hydrogen-bond donors (Lipinski definition) is 2. The summed E-state index contributed by atoms with van der Waals surface area (Å²) < 4.78 is 0. The van der Waals surface area contributed by atoms with E-state index in [1.165, 1.54) is 5.56 Å². The van der Waals surface area contributed by atoms with Gasteiger partial charge in [-0.3, -0.25) is 0 Å². The van der Waals surface area contributed by atoms with Gasteiger partial charge in [-0.2, -0.15) is 0 Å². The van der Waals surface area contributed by atoms with Crippen molar-refractivity contribution in [2.45, 2.75) is 44.1 Å². The summed E-state index contributed by atoms with van der Waals surface area (Å²) in [5.74, 6) is 0.575. The van der Waals surface area contributed by atoms with Gasteiger partial charge in [0.05, 0.1) is 0 Å². The molecule has 5 heteroatoms. The lowest BCUT2D eigenvalue weighted by Crippen LogP contribution is -2.47. The number of rotatable bonds is 7. The molecule has 3 nitrogen and oxygen atoms in total. The SMILES string of the molecule is O=C(NCCCCc1ccc(Cl)cc1Cl)NC1CC(c2ccccc2)C1. The van der Waals surface area contributed by atoms with Crippen LogP contribution in [0.3, 0.4) is 0 Å². The van der Waals surface area contributed by atoms with Crippen molar-refractivity contribution in [2.75, 3.05) is 6.54 Å². The average molecular weight is 391 g/mol. The molecular formula is C21H24Cl2N2O. The molecule has 0 aliphatic heterocycles. The molecular weight excluding hydrogens is 367 g/mol. The Morgan fingerprint density at radius 3 is 2.54 bits per heavy atom. The summed E-state index contributed by atoms with van der Waals surface area (Å²) in [5.41, 5.74) is 2.47. The van der Waals surface area contributed by atoms with Crippen molar-refractivity contribution >= 4 is 29.2 Å². The summed E-state index contributed by atoms with van der Waals surface area (Å²) in [5, 5.41) is 7.36. The Bertz CT molecular complexity index is 730. The molecule has 0 atom stereocenters. The molecule has 1 aliphatic carbocycles. The van der Waals surface area contributed by atoms with Crippen LogP contribution in [-0.4, -0.2) is 18.6 Å². The predicted molar refractivity (Wildman–Crippen MR) is 108 cm³/mol. The smallest absolute Gasteiger partial charge is 0.315 e. The Hall–Kier alpha value is -1.71. The van der Waals surface area contributed by atoms with E-state index in [9.17, 15) is 4.79 Å². The monoisotopic (exact) mass is 390 g/mol. The summed E-state index contributed by atoms with van der Waals surface area (Å²) in [7, 11) is 0. The molecule has 1 fully saturated rings. The molecule has 2 amide bonds. The van der Waals surface area contributed by atoms with Gasteiger partial charge >= 0.3 is 6.03 Å². The maximum Gasteiger partial charge on any atom is 0.315 e. The number of benzene rings is 2. The predicted octanol–water partition coefficient (Wildman–Crippen LogP) is 5.56. The molecule has 0 heterocycles. The molecule has 1 saturated carbocycles. The largest absolute Gasteiger partial charge is 0.338 e. The lowest BCUT2D eigenvalue weighted by atomic mass is 9.76. The molecule has 0 radical (unpaired) electrons. The first-order chi connectivity index (χ1) is 12.6. The molecule has 2 N–H and O–H groups in total. The first-order valence-electron chi connectivity index (χ1n) is 9.15. The summed E-state index contributed by atoms with van der Waals surface area (Å²) >= 11 is 12.1. The van der Waals surface area contributed by atoms with Gasteiger partial charge in [0.1, 0.15) is 0 Å². The van der Waals surface area contributed by atoms with E-state index in [1.54, 1.807) is 6.07 Å². The molecule has 0 unspecified atom stereocenters. The van der Waals surface area contributed by atoms with E-state index < -0.39 is 0 Å². The van der Waals surface area contributed by atoms with Crippen molar-refractivity contribution < 1.29 is 4.79 Å². The summed E-state index contributed by atoms with van der Waals surface area (Å²) in [6.45, 7) is 0.672.